The Morgan fingerprint density at radius 2 is 2.06 bits per heavy atom. The van der Waals surface area contributed by atoms with Crippen molar-refractivity contribution in [3.05, 3.63) is 0 Å². The zero-order chi connectivity index (χ0) is 13.8. The van der Waals surface area contributed by atoms with E-state index in [1.165, 1.54) is 0 Å². The fraction of sp³-hybridized carbons (Fsp3) is 0.923. The van der Waals surface area contributed by atoms with Gasteiger partial charge in [0.25, 0.3) is 0 Å². The van der Waals surface area contributed by atoms with Crippen molar-refractivity contribution in [1.82, 2.24) is 4.90 Å². The summed E-state index contributed by atoms with van der Waals surface area (Å²) >= 11 is 0. The number of hydrogen-bond donors (Lipinski definition) is 0. The van der Waals surface area contributed by atoms with Crippen LogP contribution >= 0.6 is 0 Å². The Kier molecular flexibility index (Phi) is 5.20. The summed E-state index contributed by atoms with van der Waals surface area (Å²) in [4.78, 5) is 12.9. The van der Waals surface area contributed by atoms with Crippen molar-refractivity contribution in [2.75, 3.05) is 19.6 Å². The van der Waals surface area contributed by atoms with E-state index in [-0.39, 0.29) is 13.0 Å². The van der Waals surface area contributed by atoms with Crippen LogP contribution in [0.2, 0.25) is 0 Å². The fourth-order valence-electron chi connectivity index (χ4n) is 2.72. The van der Waals surface area contributed by atoms with Gasteiger partial charge in [0.1, 0.15) is 6.29 Å². The maximum atomic E-state index is 12.7. The molecule has 18 heavy (non-hydrogen) atoms. The Hall–Kier alpha value is -0.580. The topological polar surface area (TPSA) is 20.3 Å². The lowest BCUT2D eigenvalue weighted by atomic mass is 9.85. The number of carbonyl (C=O) groups excluding carboxylic acids is 1. The molecule has 1 aliphatic heterocycles. The molecule has 1 rings (SSSR count). The lowest BCUT2D eigenvalue weighted by molar-refractivity contribution is -0.187. The third-order valence-corrected chi connectivity index (χ3v) is 3.66. The maximum absolute atomic E-state index is 12.7. The van der Waals surface area contributed by atoms with Crippen molar-refractivity contribution in [3.8, 4) is 0 Å². The van der Waals surface area contributed by atoms with Gasteiger partial charge in [-0.2, -0.15) is 13.2 Å². The zero-order valence-corrected chi connectivity index (χ0v) is 11.1. The first kappa shape index (κ1) is 15.5. The van der Waals surface area contributed by atoms with Gasteiger partial charge in [-0.15, -0.1) is 0 Å². The molecule has 0 amide bonds. The van der Waals surface area contributed by atoms with Crippen LogP contribution in [0, 0.1) is 11.3 Å². The van der Waals surface area contributed by atoms with E-state index >= 15 is 0 Å². The molecule has 0 spiro atoms. The molecule has 2 nitrogen and oxygen atoms in total. The van der Waals surface area contributed by atoms with Gasteiger partial charge in [-0.25, -0.2) is 0 Å². The van der Waals surface area contributed by atoms with Gasteiger partial charge in [-0.05, 0) is 25.8 Å². The van der Waals surface area contributed by atoms with Crippen LogP contribution in [-0.2, 0) is 4.79 Å². The molecular weight excluding hydrogens is 243 g/mol. The number of aldehydes is 1. The lowest BCUT2D eigenvalue weighted by Crippen LogP contribution is -2.46. The standard InChI is InChI=1S/C13H22F3NO/c1-3-6-12(2,10-18)9-17-7-4-5-11(8-17)13(14,15)16/h10-11H,3-9H2,1-2H3. The van der Waals surface area contributed by atoms with Crippen molar-refractivity contribution < 1.29 is 18.0 Å². The van der Waals surface area contributed by atoms with E-state index in [2.05, 4.69) is 0 Å². The van der Waals surface area contributed by atoms with Gasteiger partial charge in [-0.3, -0.25) is 0 Å². The Morgan fingerprint density at radius 3 is 2.56 bits per heavy atom. The first-order valence-corrected chi connectivity index (χ1v) is 6.56. The minimum absolute atomic E-state index is 0.0383. The number of halogens is 3. The second-order valence-electron chi connectivity index (χ2n) is 5.64. The minimum Gasteiger partial charge on any atom is -0.303 e. The first-order valence-electron chi connectivity index (χ1n) is 6.56. The van der Waals surface area contributed by atoms with Crippen molar-refractivity contribution in [3.63, 3.8) is 0 Å². The summed E-state index contributed by atoms with van der Waals surface area (Å²) in [6, 6.07) is 0. The molecule has 1 saturated heterocycles. The largest absolute Gasteiger partial charge is 0.393 e. The highest BCUT2D eigenvalue weighted by Gasteiger charge is 2.42. The van der Waals surface area contributed by atoms with Gasteiger partial charge in [0, 0.05) is 18.5 Å². The summed E-state index contributed by atoms with van der Waals surface area (Å²) in [5, 5.41) is 0. The molecule has 0 aromatic carbocycles. The molecule has 106 valence electrons. The van der Waals surface area contributed by atoms with Gasteiger partial charge < -0.3 is 9.69 Å². The van der Waals surface area contributed by atoms with Crippen molar-refractivity contribution in [1.29, 1.82) is 0 Å². The quantitative estimate of drug-likeness (QED) is 0.711. The van der Waals surface area contributed by atoms with Gasteiger partial charge >= 0.3 is 6.18 Å². The fourth-order valence-corrected chi connectivity index (χ4v) is 2.72. The van der Waals surface area contributed by atoms with Crippen molar-refractivity contribution in [2.45, 2.75) is 45.7 Å². The van der Waals surface area contributed by atoms with Crippen molar-refractivity contribution in [2.24, 2.45) is 11.3 Å². The van der Waals surface area contributed by atoms with Crippen LogP contribution in [0.4, 0.5) is 13.2 Å². The number of carbonyl (C=O) groups is 1. The van der Waals surface area contributed by atoms with Crippen LogP contribution in [0.25, 0.3) is 0 Å². The smallest absolute Gasteiger partial charge is 0.303 e. The number of hydrogen-bond acceptors (Lipinski definition) is 2. The maximum Gasteiger partial charge on any atom is 0.393 e. The molecule has 1 heterocycles. The Balaban J connectivity index is 2.59. The normalized spacial score (nSPS) is 25.7. The van der Waals surface area contributed by atoms with Gasteiger partial charge in [0.05, 0.1) is 5.92 Å². The number of likely N-dealkylation sites (tertiary alicyclic amines) is 1. The first-order chi connectivity index (χ1) is 8.30. The third-order valence-electron chi connectivity index (χ3n) is 3.66. The van der Waals surface area contributed by atoms with E-state index in [9.17, 15) is 18.0 Å². The van der Waals surface area contributed by atoms with Gasteiger partial charge in [0.2, 0.25) is 0 Å². The Morgan fingerprint density at radius 1 is 1.39 bits per heavy atom. The van der Waals surface area contributed by atoms with Gasteiger partial charge in [-0.1, -0.05) is 20.3 Å². The molecular formula is C13H22F3NO. The molecule has 0 N–H and O–H groups in total. The van der Waals surface area contributed by atoms with Crippen LogP contribution in [0.3, 0.4) is 0 Å². The number of nitrogens with zero attached hydrogens (tertiary/aromatic N) is 1. The molecule has 1 aliphatic rings. The highest BCUT2D eigenvalue weighted by atomic mass is 19.4. The van der Waals surface area contributed by atoms with Crippen LogP contribution in [0.15, 0.2) is 0 Å². The highest BCUT2D eigenvalue weighted by Crippen LogP contribution is 2.34. The zero-order valence-electron chi connectivity index (χ0n) is 11.1. The van der Waals surface area contributed by atoms with Crippen LogP contribution in [-0.4, -0.2) is 37.0 Å². The van der Waals surface area contributed by atoms with Crippen LogP contribution in [0.1, 0.15) is 39.5 Å². The number of rotatable bonds is 5. The molecule has 0 radical (unpaired) electrons. The minimum atomic E-state index is -4.11. The van der Waals surface area contributed by atoms with E-state index in [0.717, 1.165) is 19.1 Å². The summed E-state index contributed by atoms with van der Waals surface area (Å²) in [5.74, 6) is -1.23. The summed E-state index contributed by atoms with van der Waals surface area (Å²) in [7, 11) is 0. The predicted octanol–water partition coefficient (Wildman–Crippen LogP) is 3.27. The predicted molar refractivity (Wildman–Crippen MR) is 64.3 cm³/mol. The highest BCUT2D eigenvalue weighted by molar-refractivity contribution is 5.59. The molecule has 1 fully saturated rings. The summed E-state index contributed by atoms with van der Waals surface area (Å²) in [6.07, 6.45) is -0.846. The van der Waals surface area contributed by atoms with E-state index in [1.54, 1.807) is 4.90 Å². The second-order valence-corrected chi connectivity index (χ2v) is 5.64. The molecule has 0 saturated carbocycles. The summed E-state index contributed by atoms with van der Waals surface area (Å²) < 4.78 is 38.0. The third kappa shape index (κ3) is 4.26. The SMILES string of the molecule is CCCC(C)(C=O)CN1CCCC(C(F)(F)F)C1. The average Bonchev–Trinajstić information content (AvgIpc) is 2.28. The van der Waals surface area contributed by atoms with Crippen LogP contribution in [0.5, 0.6) is 0 Å². The Labute approximate surface area is 107 Å². The molecule has 0 bridgehead atoms. The molecule has 2 unspecified atom stereocenters. The molecule has 5 heteroatoms. The summed E-state index contributed by atoms with van der Waals surface area (Å²) in [5.41, 5.74) is -0.512. The molecule has 0 aromatic rings. The average molecular weight is 265 g/mol. The van der Waals surface area contributed by atoms with E-state index in [4.69, 9.17) is 0 Å². The lowest BCUT2D eigenvalue weighted by Gasteiger charge is -2.37. The number of alkyl halides is 3. The molecule has 2 atom stereocenters. The second kappa shape index (κ2) is 6.04. The van der Waals surface area contributed by atoms with E-state index in [1.807, 2.05) is 13.8 Å². The molecule has 0 aromatic heterocycles. The van der Waals surface area contributed by atoms with Crippen molar-refractivity contribution >= 4 is 6.29 Å². The Bertz CT molecular complexity index is 280. The van der Waals surface area contributed by atoms with E-state index in [0.29, 0.717) is 19.5 Å². The number of piperidine rings is 1. The molecule has 0 aliphatic carbocycles. The summed E-state index contributed by atoms with van der Waals surface area (Å²) in [6.45, 7) is 4.96. The van der Waals surface area contributed by atoms with Gasteiger partial charge in [0.15, 0.2) is 0 Å². The van der Waals surface area contributed by atoms with E-state index < -0.39 is 17.5 Å². The van der Waals surface area contributed by atoms with Crippen LogP contribution < -0.4 is 0 Å². The monoisotopic (exact) mass is 265 g/mol.